The molecule has 2 saturated heterocycles. The van der Waals surface area contributed by atoms with Crippen LogP contribution in [0.15, 0.2) is 16.6 Å². The van der Waals surface area contributed by atoms with E-state index in [0.29, 0.717) is 55.5 Å². The van der Waals surface area contributed by atoms with Gasteiger partial charge in [0.25, 0.3) is 0 Å². The normalized spacial score (nSPS) is 30.3. The van der Waals surface area contributed by atoms with Gasteiger partial charge in [-0.05, 0) is 83.2 Å². The lowest BCUT2D eigenvalue weighted by Gasteiger charge is -2.33. The van der Waals surface area contributed by atoms with Crippen LogP contribution in [0.2, 0.25) is 0 Å². The molecule has 4 fully saturated rings. The Morgan fingerprint density at radius 3 is 2.75 bits per heavy atom. The van der Waals surface area contributed by atoms with E-state index in [1.807, 2.05) is 0 Å². The number of hydrogen-bond donors (Lipinski definition) is 4. The fourth-order valence-electron chi connectivity index (χ4n) is 6.59. The lowest BCUT2D eigenvalue weighted by Crippen LogP contribution is -2.53. The molecule has 1 aromatic heterocycles. The molecule has 5 rings (SSSR count). The summed E-state index contributed by atoms with van der Waals surface area (Å²) in [6.07, 6.45) is 8.43. The van der Waals surface area contributed by atoms with Crippen molar-refractivity contribution in [2.24, 2.45) is 28.0 Å². The molecule has 4 aliphatic rings. The number of nitrogens with one attached hydrogen (secondary N) is 3. The fourth-order valence-corrected chi connectivity index (χ4v) is 7.25. The Morgan fingerprint density at radius 1 is 1.23 bits per heavy atom. The summed E-state index contributed by atoms with van der Waals surface area (Å²) in [5, 5.41) is 11.5. The lowest BCUT2D eigenvalue weighted by atomic mass is 9.92. The standard InChI is InChI=1S/C28H41N7O4S/c1-18(29)31-11-7-20-15-28(20,24(38)25-32-12-14-40-25)34-23(37)17-35-13-2-8-27(26(35)39)16-21(27)33-22(36)4-3-19-5-9-30-10-6-19/h12,14,19-21,30H,2-11,13,15-17H2,1H3,(H2,29,31)(H,33,36)(H,34,37)/t20?,21-,27+,28?/m0/s1. The molecule has 5 N–H and O–H groups in total. The number of nitrogens with zero attached hydrogens (tertiary/aromatic N) is 3. The number of carbonyl (C=O) groups is 4. The topological polar surface area (TPSA) is 159 Å². The van der Waals surface area contributed by atoms with E-state index in [0.717, 1.165) is 45.2 Å². The first kappa shape index (κ1) is 28.7. The first-order valence-electron chi connectivity index (χ1n) is 14.5. The minimum absolute atomic E-state index is 0.0136. The van der Waals surface area contributed by atoms with Crippen molar-refractivity contribution in [3.63, 3.8) is 0 Å². The molecule has 2 aliphatic carbocycles. The number of hydrogen-bond acceptors (Lipinski definition) is 8. The number of rotatable bonds is 12. The molecule has 2 aliphatic heterocycles. The maximum atomic E-state index is 13.5. The summed E-state index contributed by atoms with van der Waals surface area (Å²) in [4.78, 5) is 62.7. The number of aromatic nitrogens is 1. The molecule has 11 nitrogen and oxygen atoms in total. The van der Waals surface area contributed by atoms with Crippen molar-refractivity contribution < 1.29 is 19.2 Å². The van der Waals surface area contributed by atoms with Gasteiger partial charge in [0.05, 0.1) is 17.8 Å². The van der Waals surface area contributed by atoms with Gasteiger partial charge in [-0.25, -0.2) is 4.98 Å². The van der Waals surface area contributed by atoms with E-state index < -0.39 is 11.0 Å². The molecule has 3 amide bonds. The Kier molecular flexibility index (Phi) is 8.55. The Hall–Kier alpha value is -2.86. The number of ketones is 1. The molecule has 4 atom stereocenters. The highest BCUT2D eigenvalue weighted by atomic mass is 32.1. The monoisotopic (exact) mass is 571 g/mol. The van der Waals surface area contributed by atoms with Crippen molar-refractivity contribution in [3.05, 3.63) is 16.6 Å². The van der Waals surface area contributed by atoms with Crippen LogP contribution >= 0.6 is 11.3 Å². The smallest absolute Gasteiger partial charge is 0.240 e. The third-order valence-electron chi connectivity index (χ3n) is 9.09. The third kappa shape index (κ3) is 6.22. The molecule has 12 heteroatoms. The average molecular weight is 572 g/mol. The molecular formula is C28H41N7O4S. The molecule has 40 heavy (non-hydrogen) atoms. The summed E-state index contributed by atoms with van der Waals surface area (Å²) in [6, 6.07) is -0.163. The number of piperidine rings is 2. The summed E-state index contributed by atoms with van der Waals surface area (Å²) in [6.45, 7) is 4.62. The van der Waals surface area contributed by atoms with Crippen LogP contribution in [-0.4, -0.2) is 83.5 Å². The number of likely N-dealkylation sites (tertiary alicyclic amines) is 1. The van der Waals surface area contributed by atoms with Gasteiger partial charge in [0, 0.05) is 37.1 Å². The number of nitrogens with two attached hydrogens (primary N) is 1. The zero-order chi connectivity index (χ0) is 28.3. The molecule has 1 spiro atoms. The van der Waals surface area contributed by atoms with Crippen molar-refractivity contribution in [1.29, 1.82) is 0 Å². The number of amides is 3. The largest absolute Gasteiger partial charge is 0.388 e. The van der Waals surface area contributed by atoms with Gasteiger partial charge in [0.2, 0.25) is 23.5 Å². The molecule has 0 radical (unpaired) electrons. The predicted molar refractivity (Wildman–Crippen MR) is 152 cm³/mol. The number of amidine groups is 1. The number of carbonyl (C=O) groups excluding carboxylic acids is 4. The number of aliphatic imine (C=N–C) groups is 1. The van der Waals surface area contributed by atoms with E-state index in [9.17, 15) is 19.2 Å². The first-order valence-corrected chi connectivity index (χ1v) is 15.4. The molecule has 2 saturated carbocycles. The molecule has 1 aromatic rings. The van der Waals surface area contributed by atoms with E-state index in [1.54, 1.807) is 23.4 Å². The molecule has 0 aromatic carbocycles. The van der Waals surface area contributed by atoms with Crippen LogP contribution in [0.1, 0.15) is 74.5 Å². The SMILES string of the molecule is CC(N)=NCCC1CC1(NC(=O)CN1CCC[C@]2(C[C@@H]2NC(=O)CCC2CCNCC2)C1=O)C(=O)c1nccs1. The summed E-state index contributed by atoms with van der Waals surface area (Å²) in [7, 11) is 0. The predicted octanol–water partition coefficient (Wildman–Crippen LogP) is 1.25. The van der Waals surface area contributed by atoms with Gasteiger partial charge in [-0.1, -0.05) is 0 Å². The number of Topliss-reactive ketones (excluding diaryl/α,β-unsaturated/α-hetero) is 1. The van der Waals surface area contributed by atoms with Gasteiger partial charge in [-0.15, -0.1) is 11.3 Å². The minimum Gasteiger partial charge on any atom is -0.388 e. The van der Waals surface area contributed by atoms with Gasteiger partial charge in [0.15, 0.2) is 5.01 Å². The van der Waals surface area contributed by atoms with Gasteiger partial charge in [-0.3, -0.25) is 24.2 Å². The maximum absolute atomic E-state index is 13.5. The maximum Gasteiger partial charge on any atom is 0.240 e. The van der Waals surface area contributed by atoms with E-state index in [1.165, 1.54) is 11.3 Å². The van der Waals surface area contributed by atoms with Gasteiger partial charge >= 0.3 is 0 Å². The van der Waals surface area contributed by atoms with Gasteiger partial charge in [-0.2, -0.15) is 0 Å². The highest BCUT2D eigenvalue weighted by Gasteiger charge is 2.63. The minimum atomic E-state index is -1.02. The van der Waals surface area contributed by atoms with E-state index in [-0.39, 0.29) is 42.0 Å². The van der Waals surface area contributed by atoms with E-state index in [4.69, 9.17) is 5.73 Å². The second-order valence-corrected chi connectivity index (χ2v) is 12.8. The van der Waals surface area contributed by atoms with Crippen LogP contribution in [0.4, 0.5) is 0 Å². The number of thiazole rings is 1. The Bertz CT molecular complexity index is 1150. The van der Waals surface area contributed by atoms with Gasteiger partial charge < -0.3 is 26.6 Å². The Labute approximate surface area is 239 Å². The highest BCUT2D eigenvalue weighted by Crippen LogP contribution is 2.53. The second kappa shape index (κ2) is 11.9. The summed E-state index contributed by atoms with van der Waals surface area (Å²) < 4.78 is 0. The lowest BCUT2D eigenvalue weighted by molar-refractivity contribution is -0.144. The fraction of sp³-hybridized carbons (Fsp3) is 0.714. The highest BCUT2D eigenvalue weighted by molar-refractivity contribution is 7.11. The molecule has 3 heterocycles. The Morgan fingerprint density at radius 2 is 2.02 bits per heavy atom. The second-order valence-electron chi connectivity index (χ2n) is 11.9. The van der Waals surface area contributed by atoms with Crippen LogP contribution in [0.3, 0.4) is 0 Å². The quantitative estimate of drug-likeness (QED) is 0.167. The Balaban J connectivity index is 1.15. The van der Waals surface area contributed by atoms with E-state index in [2.05, 4.69) is 25.9 Å². The van der Waals surface area contributed by atoms with Crippen LogP contribution in [0, 0.1) is 17.3 Å². The van der Waals surface area contributed by atoms with Crippen molar-refractivity contribution in [1.82, 2.24) is 25.8 Å². The van der Waals surface area contributed by atoms with Crippen LogP contribution < -0.4 is 21.7 Å². The van der Waals surface area contributed by atoms with Crippen molar-refractivity contribution >= 4 is 40.7 Å². The summed E-state index contributed by atoms with van der Waals surface area (Å²) in [5.41, 5.74) is 4.03. The molecule has 218 valence electrons. The molecular weight excluding hydrogens is 530 g/mol. The van der Waals surface area contributed by atoms with Crippen LogP contribution in [0.5, 0.6) is 0 Å². The van der Waals surface area contributed by atoms with Crippen molar-refractivity contribution in [3.8, 4) is 0 Å². The van der Waals surface area contributed by atoms with Gasteiger partial charge in [0.1, 0.15) is 5.54 Å². The molecule has 0 bridgehead atoms. The average Bonchev–Trinajstić information content (AvgIpc) is 3.71. The van der Waals surface area contributed by atoms with Crippen LogP contribution in [0.25, 0.3) is 0 Å². The van der Waals surface area contributed by atoms with Crippen molar-refractivity contribution in [2.45, 2.75) is 76.3 Å². The first-order chi connectivity index (χ1) is 19.2. The zero-order valence-electron chi connectivity index (χ0n) is 23.2. The van der Waals surface area contributed by atoms with Crippen LogP contribution in [-0.2, 0) is 14.4 Å². The molecule has 2 unspecified atom stereocenters. The van der Waals surface area contributed by atoms with E-state index >= 15 is 0 Å². The third-order valence-corrected chi connectivity index (χ3v) is 9.86. The van der Waals surface area contributed by atoms with Crippen molar-refractivity contribution in [2.75, 3.05) is 32.7 Å². The zero-order valence-corrected chi connectivity index (χ0v) is 24.1. The summed E-state index contributed by atoms with van der Waals surface area (Å²) in [5.74, 6) is 0.407. The summed E-state index contributed by atoms with van der Waals surface area (Å²) >= 11 is 1.25.